The molecular weight excluding hydrogens is 518 g/mol. The first-order valence-electron chi connectivity index (χ1n) is 10.2. The Hall–Kier alpha value is -2.33. The number of carbonyl (C=O) groups is 3. The Morgan fingerprint density at radius 3 is 1.76 bits per heavy atom. The van der Waals surface area contributed by atoms with Gasteiger partial charge in [0.1, 0.15) is 16.8 Å². The molecule has 0 N–H and O–H groups in total. The number of hydrogen-bond acceptors (Lipinski definition) is 7. The molecule has 0 bridgehead atoms. The van der Waals surface area contributed by atoms with E-state index in [0.717, 1.165) is 4.68 Å². The second-order valence-electron chi connectivity index (χ2n) is 10.3. The molecule has 2 amide bonds. The van der Waals surface area contributed by atoms with Gasteiger partial charge in [-0.15, -0.1) is 5.10 Å². The highest BCUT2D eigenvalue weighted by Gasteiger charge is 2.37. The molecule has 0 unspecified atom stereocenters. The highest BCUT2D eigenvalue weighted by atomic mass is 79.9. The zero-order valence-electron chi connectivity index (χ0n) is 20.2. The summed E-state index contributed by atoms with van der Waals surface area (Å²) in [7, 11) is 0. The monoisotopic (exact) mass is 545 g/mol. The third-order valence-corrected chi connectivity index (χ3v) is 4.83. The van der Waals surface area contributed by atoms with Crippen molar-refractivity contribution in [1.82, 2.24) is 9.78 Å². The number of carbonyl (C=O) groups excluding carboxylic acids is 3. The molecule has 1 aromatic carbocycles. The Morgan fingerprint density at radius 2 is 1.33 bits per heavy atom. The number of imide groups is 1. The van der Waals surface area contributed by atoms with E-state index in [1.165, 1.54) is 6.07 Å². The highest BCUT2D eigenvalue weighted by Crippen LogP contribution is 2.35. The summed E-state index contributed by atoms with van der Waals surface area (Å²) in [6.45, 7) is 15.1. The van der Waals surface area contributed by atoms with Crippen LogP contribution in [0, 0.1) is 0 Å². The lowest BCUT2D eigenvalue weighted by molar-refractivity contribution is 0.0421. The summed E-state index contributed by atoms with van der Waals surface area (Å²) in [5, 5.41) is 4.81. The fourth-order valence-corrected chi connectivity index (χ4v) is 3.07. The number of benzene rings is 1. The Balaban J connectivity index is 2.77. The van der Waals surface area contributed by atoms with Crippen molar-refractivity contribution in [3.63, 3.8) is 0 Å². The van der Waals surface area contributed by atoms with E-state index in [1.807, 2.05) is 0 Å². The van der Waals surface area contributed by atoms with Crippen molar-refractivity contribution in [3.05, 3.63) is 21.6 Å². The van der Waals surface area contributed by atoms with E-state index in [-0.39, 0.29) is 16.7 Å². The third kappa shape index (κ3) is 7.07. The van der Waals surface area contributed by atoms with Crippen LogP contribution in [0.25, 0.3) is 10.9 Å². The number of halogens is 2. The van der Waals surface area contributed by atoms with Crippen LogP contribution < -0.4 is 4.90 Å². The third-order valence-electron chi connectivity index (χ3n) is 3.63. The number of aromatic nitrogens is 2. The van der Waals surface area contributed by atoms with Gasteiger partial charge < -0.3 is 14.2 Å². The van der Waals surface area contributed by atoms with Gasteiger partial charge >= 0.3 is 18.3 Å². The van der Waals surface area contributed by atoms with Crippen LogP contribution in [0.5, 0.6) is 0 Å². The fraction of sp³-hybridized carbons (Fsp3) is 0.545. The lowest BCUT2D eigenvalue weighted by atomic mass is 10.2. The normalized spacial score (nSPS) is 12.5. The Labute approximate surface area is 206 Å². The van der Waals surface area contributed by atoms with Crippen LogP contribution >= 0.6 is 27.5 Å². The van der Waals surface area contributed by atoms with Crippen LogP contribution in [0.4, 0.5) is 20.2 Å². The average Bonchev–Trinajstić information content (AvgIpc) is 2.89. The van der Waals surface area contributed by atoms with Crippen molar-refractivity contribution >= 4 is 62.5 Å². The molecule has 0 spiro atoms. The van der Waals surface area contributed by atoms with Crippen molar-refractivity contribution in [2.24, 2.45) is 0 Å². The molecule has 9 nitrogen and oxygen atoms in total. The highest BCUT2D eigenvalue weighted by molar-refractivity contribution is 9.10. The number of rotatable bonds is 1. The maximum Gasteiger partial charge on any atom is 0.435 e. The SMILES string of the molecule is CC(C)(C)OC(=O)N(C(=O)OC(C)(C)C)c1nn(C(=O)OC(C)(C)C)c2cc(Cl)c(Br)cc12. The van der Waals surface area contributed by atoms with Gasteiger partial charge in [-0.25, -0.2) is 14.4 Å². The lowest BCUT2D eigenvalue weighted by Gasteiger charge is -2.27. The van der Waals surface area contributed by atoms with Crippen LogP contribution in [0.15, 0.2) is 16.6 Å². The van der Waals surface area contributed by atoms with Crippen LogP contribution in [-0.4, -0.2) is 44.9 Å². The van der Waals surface area contributed by atoms with Crippen molar-refractivity contribution in [3.8, 4) is 0 Å². The quantitative estimate of drug-likeness (QED) is 0.358. The summed E-state index contributed by atoms with van der Waals surface area (Å²) in [5.41, 5.74) is -2.41. The first-order chi connectivity index (χ1) is 14.8. The molecule has 1 heterocycles. The summed E-state index contributed by atoms with van der Waals surface area (Å²) in [6, 6.07) is 3.02. The van der Waals surface area contributed by atoms with Gasteiger partial charge in [0.05, 0.1) is 10.5 Å². The van der Waals surface area contributed by atoms with E-state index in [0.29, 0.717) is 14.4 Å². The number of amides is 2. The van der Waals surface area contributed by atoms with Crippen molar-refractivity contribution < 1.29 is 28.6 Å². The molecule has 33 heavy (non-hydrogen) atoms. The zero-order chi connectivity index (χ0) is 25.5. The Bertz CT molecular complexity index is 1060. The smallest absolute Gasteiger partial charge is 0.435 e. The topological polar surface area (TPSA) is 100.0 Å². The van der Waals surface area contributed by atoms with Gasteiger partial charge in [-0.05, 0) is 90.4 Å². The molecule has 0 aliphatic carbocycles. The zero-order valence-corrected chi connectivity index (χ0v) is 22.5. The molecule has 2 aromatic rings. The van der Waals surface area contributed by atoms with E-state index in [9.17, 15) is 14.4 Å². The second-order valence-corrected chi connectivity index (χ2v) is 11.6. The molecule has 0 atom stereocenters. The molecule has 0 aliphatic rings. The van der Waals surface area contributed by atoms with Crippen LogP contribution in [0.1, 0.15) is 62.3 Å². The van der Waals surface area contributed by atoms with E-state index < -0.39 is 35.1 Å². The molecule has 0 saturated carbocycles. The lowest BCUT2D eigenvalue weighted by Crippen LogP contribution is -2.44. The van der Waals surface area contributed by atoms with Crippen LogP contribution in [0.3, 0.4) is 0 Å². The maximum atomic E-state index is 13.1. The van der Waals surface area contributed by atoms with Gasteiger partial charge in [0, 0.05) is 9.86 Å². The summed E-state index contributed by atoms with van der Waals surface area (Å²) in [4.78, 5) is 39.7. The van der Waals surface area contributed by atoms with Gasteiger partial charge in [0.15, 0.2) is 5.82 Å². The molecule has 0 aliphatic heterocycles. The van der Waals surface area contributed by atoms with Gasteiger partial charge in [0.2, 0.25) is 0 Å². The number of ether oxygens (including phenoxy) is 3. The molecule has 11 heteroatoms. The minimum atomic E-state index is -1.02. The number of hydrogen-bond donors (Lipinski definition) is 0. The number of nitrogens with zero attached hydrogens (tertiary/aromatic N) is 3. The second kappa shape index (κ2) is 9.13. The standard InChI is InChI=1S/C22H29BrClN3O6/c1-20(2,3)31-17(28)26(18(29)32-21(4,5)6)16-12-10-13(23)14(24)11-15(12)27(25-16)19(30)33-22(7,8)9/h10-11H,1-9H3. The maximum absolute atomic E-state index is 13.1. The van der Waals surface area contributed by atoms with Crippen molar-refractivity contribution in [2.75, 3.05) is 4.90 Å². The predicted molar refractivity (Wildman–Crippen MR) is 129 cm³/mol. The van der Waals surface area contributed by atoms with E-state index in [2.05, 4.69) is 21.0 Å². The van der Waals surface area contributed by atoms with E-state index >= 15 is 0 Å². The first kappa shape index (κ1) is 26.9. The molecular formula is C22H29BrClN3O6. The largest absolute Gasteiger partial charge is 0.443 e. The Kier molecular flexibility index (Phi) is 7.45. The van der Waals surface area contributed by atoms with Crippen molar-refractivity contribution in [1.29, 1.82) is 0 Å². The summed E-state index contributed by atoms with van der Waals surface area (Å²) < 4.78 is 17.7. The summed E-state index contributed by atoms with van der Waals surface area (Å²) in [5.74, 6) is -0.170. The molecule has 2 rings (SSSR count). The van der Waals surface area contributed by atoms with Gasteiger partial charge in [-0.2, -0.15) is 9.58 Å². The number of fused-ring (bicyclic) bond motifs is 1. The van der Waals surface area contributed by atoms with Crippen LogP contribution in [-0.2, 0) is 14.2 Å². The summed E-state index contributed by atoms with van der Waals surface area (Å²) >= 11 is 9.58. The molecule has 182 valence electrons. The molecule has 0 saturated heterocycles. The van der Waals surface area contributed by atoms with E-state index in [1.54, 1.807) is 68.4 Å². The molecule has 1 aromatic heterocycles. The fourth-order valence-electron chi connectivity index (χ4n) is 2.57. The first-order valence-corrected chi connectivity index (χ1v) is 11.3. The summed E-state index contributed by atoms with van der Waals surface area (Å²) in [6.07, 6.45) is -2.84. The minimum Gasteiger partial charge on any atom is -0.443 e. The van der Waals surface area contributed by atoms with Gasteiger partial charge in [-0.1, -0.05) is 11.6 Å². The predicted octanol–water partition coefficient (Wildman–Crippen LogP) is 6.91. The minimum absolute atomic E-state index is 0.170. The molecule has 0 radical (unpaired) electrons. The van der Waals surface area contributed by atoms with Crippen molar-refractivity contribution in [2.45, 2.75) is 79.1 Å². The average molecular weight is 547 g/mol. The van der Waals surface area contributed by atoms with Gasteiger partial charge in [-0.3, -0.25) is 0 Å². The van der Waals surface area contributed by atoms with E-state index in [4.69, 9.17) is 25.8 Å². The molecule has 0 fully saturated rings. The van der Waals surface area contributed by atoms with Gasteiger partial charge in [0.25, 0.3) is 0 Å². The van der Waals surface area contributed by atoms with Crippen LogP contribution in [0.2, 0.25) is 5.02 Å². The Morgan fingerprint density at radius 1 is 0.879 bits per heavy atom. The number of anilines is 1.